The molecule has 1 saturated carbocycles. The van der Waals surface area contributed by atoms with E-state index < -0.39 is 44.3 Å². The number of hydrogen-bond acceptors (Lipinski definition) is 7. The minimum Gasteiger partial charge on any atom is -0.504 e. The molecule has 0 aromatic heterocycles. The minimum absolute atomic E-state index is 0.0163. The summed E-state index contributed by atoms with van der Waals surface area (Å²) in [7, 11) is -1.38. The molecule has 0 saturated heterocycles. The van der Waals surface area contributed by atoms with Crippen molar-refractivity contribution in [3.63, 3.8) is 0 Å². The SMILES string of the molecule is CCC(CC)(CC)NC1C(=O)C(=O)C1Nc1ccc(Cl)c(S(=O)(=O)N(C)C)c1O. The molecule has 1 aromatic carbocycles. The summed E-state index contributed by atoms with van der Waals surface area (Å²) in [6, 6.07) is 1.04. The van der Waals surface area contributed by atoms with Gasteiger partial charge in [-0.1, -0.05) is 32.4 Å². The predicted octanol–water partition coefficient (Wildman–Crippen LogP) is 2.16. The number of phenols is 1. The fraction of sp³-hybridized carbons (Fsp3) is 0.579. The first kappa shape index (κ1) is 23.6. The summed E-state index contributed by atoms with van der Waals surface area (Å²) in [5, 5.41) is 16.5. The van der Waals surface area contributed by atoms with E-state index >= 15 is 0 Å². The largest absolute Gasteiger partial charge is 0.504 e. The van der Waals surface area contributed by atoms with Gasteiger partial charge in [0.25, 0.3) is 0 Å². The van der Waals surface area contributed by atoms with Crippen molar-refractivity contribution in [3.05, 3.63) is 17.2 Å². The number of benzene rings is 1. The summed E-state index contributed by atoms with van der Waals surface area (Å²) >= 11 is 6.01. The fourth-order valence-corrected chi connectivity index (χ4v) is 4.93. The highest BCUT2D eigenvalue weighted by Crippen LogP contribution is 2.39. The number of anilines is 1. The Kier molecular flexibility index (Phi) is 6.99. The van der Waals surface area contributed by atoms with Crippen molar-refractivity contribution in [2.45, 2.75) is 62.6 Å². The maximum Gasteiger partial charge on any atom is 0.247 e. The second-order valence-electron chi connectivity index (χ2n) is 7.37. The van der Waals surface area contributed by atoms with E-state index in [-0.39, 0.29) is 16.2 Å². The third-order valence-corrected chi connectivity index (χ3v) is 8.08. The van der Waals surface area contributed by atoms with Crippen molar-refractivity contribution in [2.75, 3.05) is 19.4 Å². The lowest BCUT2D eigenvalue weighted by atomic mass is 9.79. The van der Waals surface area contributed by atoms with Gasteiger partial charge in [0.1, 0.15) is 17.0 Å². The predicted molar refractivity (Wildman–Crippen MR) is 112 cm³/mol. The average Bonchev–Trinajstić information content (AvgIpc) is 2.69. The van der Waals surface area contributed by atoms with Gasteiger partial charge < -0.3 is 10.4 Å². The van der Waals surface area contributed by atoms with Gasteiger partial charge in [-0.05, 0) is 31.4 Å². The average molecular weight is 446 g/mol. The monoisotopic (exact) mass is 445 g/mol. The van der Waals surface area contributed by atoms with Gasteiger partial charge in [-0.25, -0.2) is 12.7 Å². The second kappa shape index (κ2) is 8.59. The molecule has 8 nitrogen and oxygen atoms in total. The Morgan fingerprint density at radius 1 is 1.07 bits per heavy atom. The molecular weight excluding hydrogens is 418 g/mol. The number of ketones is 2. The Morgan fingerprint density at radius 2 is 1.59 bits per heavy atom. The van der Waals surface area contributed by atoms with Crippen LogP contribution in [-0.4, -0.2) is 61.1 Å². The molecule has 2 atom stereocenters. The number of Topliss-reactive ketones (excluding diaryl/α,β-unsaturated/α-hetero) is 2. The molecule has 0 bridgehead atoms. The van der Waals surface area contributed by atoms with E-state index in [4.69, 9.17) is 11.6 Å². The van der Waals surface area contributed by atoms with Crippen LogP contribution < -0.4 is 10.6 Å². The van der Waals surface area contributed by atoms with Crippen LogP contribution in [0.5, 0.6) is 5.75 Å². The van der Waals surface area contributed by atoms with Crippen molar-refractivity contribution in [3.8, 4) is 5.75 Å². The summed E-state index contributed by atoms with van der Waals surface area (Å²) in [4.78, 5) is 24.0. The zero-order valence-electron chi connectivity index (χ0n) is 17.2. The van der Waals surface area contributed by atoms with Gasteiger partial charge in [0.2, 0.25) is 21.6 Å². The van der Waals surface area contributed by atoms with Crippen LogP contribution in [0.15, 0.2) is 17.0 Å². The Morgan fingerprint density at radius 3 is 2.07 bits per heavy atom. The van der Waals surface area contributed by atoms with Crippen LogP contribution in [-0.2, 0) is 19.6 Å². The summed E-state index contributed by atoms with van der Waals surface area (Å²) < 4.78 is 25.9. The van der Waals surface area contributed by atoms with E-state index in [9.17, 15) is 23.1 Å². The molecule has 0 heterocycles. The molecule has 2 rings (SSSR count). The van der Waals surface area contributed by atoms with E-state index in [2.05, 4.69) is 10.6 Å². The second-order valence-corrected chi connectivity index (χ2v) is 9.87. The highest BCUT2D eigenvalue weighted by atomic mass is 35.5. The normalized spacial score (nSPS) is 20.1. The number of rotatable bonds is 9. The number of nitrogens with one attached hydrogen (secondary N) is 2. The van der Waals surface area contributed by atoms with Gasteiger partial charge in [-0.15, -0.1) is 0 Å². The molecule has 3 N–H and O–H groups in total. The van der Waals surface area contributed by atoms with Gasteiger partial charge in [-0.2, -0.15) is 0 Å². The number of carbonyl (C=O) groups is 2. The highest BCUT2D eigenvalue weighted by molar-refractivity contribution is 7.89. The molecule has 0 aliphatic heterocycles. The van der Waals surface area contributed by atoms with Gasteiger partial charge in [-0.3, -0.25) is 14.9 Å². The molecule has 1 aliphatic rings. The van der Waals surface area contributed by atoms with Gasteiger partial charge in [0, 0.05) is 19.6 Å². The van der Waals surface area contributed by atoms with Crippen molar-refractivity contribution in [1.82, 2.24) is 9.62 Å². The van der Waals surface area contributed by atoms with Gasteiger partial charge in [0.15, 0.2) is 5.75 Å². The molecule has 0 radical (unpaired) electrons. The summed E-state index contributed by atoms with van der Waals surface area (Å²) in [6.45, 7) is 6.03. The van der Waals surface area contributed by atoms with Crippen LogP contribution in [0.4, 0.5) is 5.69 Å². The van der Waals surface area contributed by atoms with Gasteiger partial charge in [0.05, 0.1) is 10.7 Å². The van der Waals surface area contributed by atoms with Crippen LogP contribution in [0.25, 0.3) is 0 Å². The maximum atomic E-state index is 12.5. The molecule has 1 aliphatic carbocycles. The Hall–Kier alpha value is -1.68. The van der Waals surface area contributed by atoms with E-state index in [1.54, 1.807) is 0 Å². The summed E-state index contributed by atoms with van der Waals surface area (Å²) in [5.74, 6) is -1.74. The highest BCUT2D eigenvalue weighted by Gasteiger charge is 2.51. The van der Waals surface area contributed by atoms with Crippen LogP contribution in [0.2, 0.25) is 5.02 Å². The number of phenolic OH excluding ortho intramolecular Hbond substituents is 1. The standard InChI is InChI=1S/C19H28ClN3O5S/c1-6-19(7-2,8-3)22-14-13(16(25)17(14)26)21-12-10-9-11(20)18(15(12)24)29(27,28)23(4)5/h9-10,13-14,21-22,24H,6-8H2,1-5H3. The number of sulfonamides is 1. The van der Waals surface area contributed by atoms with Crippen LogP contribution >= 0.6 is 11.6 Å². The third-order valence-electron chi connectivity index (χ3n) is 5.77. The number of halogens is 1. The lowest BCUT2D eigenvalue weighted by molar-refractivity contribution is -0.146. The zero-order chi connectivity index (χ0) is 22.1. The fourth-order valence-electron chi connectivity index (χ4n) is 3.46. The number of carbonyl (C=O) groups excluding carboxylic acids is 2. The molecule has 1 fully saturated rings. The van der Waals surface area contributed by atoms with Crippen molar-refractivity contribution < 1.29 is 23.1 Å². The quantitative estimate of drug-likeness (QED) is 0.394. The lowest BCUT2D eigenvalue weighted by Crippen LogP contribution is -2.71. The lowest BCUT2D eigenvalue weighted by Gasteiger charge is -2.42. The van der Waals surface area contributed by atoms with Crippen molar-refractivity contribution >= 4 is 38.9 Å². The molecule has 1 aromatic rings. The summed E-state index contributed by atoms with van der Waals surface area (Å²) in [5.41, 5.74) is -0.273. The first-order valence-corrected chi connectivity index (χ1v) is 11.3. The minimum atomic E-state index is -4.02. The molecule has 0 spiro atoms. The Bertz CT molecular complexity index is 904. The van der Waals surface area contributed by atoms with Crippen LogP contribution in [0, 0.1) is 0 Å². The van der Waals surface area contributed by atoms with E-state index in [1.807, 2.05) is 20.8 Å². The third kappa shape index (κ3) is 4.14. The topological polar surface area (TPSA) is 116 Å². The molecule has 162 valence electrons. The number of nitrogens with zero attached hydrogens (tertiary/aromatic N) is 1. The molecular formula is C19H28ClN3O5S. The molecule has 10 heteroatoms. The Balaban J connectivity index is 2.38. The number of hydrogen-bond donors (Lipinski definition) is 3. The van der Waals surface area contributed by atoms with E-state index in [1.165, 1.54) is 26.2 Å². The Labute approximate surface area is 176 Å². The molecule has 0 amide bonds. The summed E-state index contributed by atoms with van der Waals surface area (Å²) in [6.07, 6.45) is 2.34. The zero-order valence-corrected chi connectivity index (χ0v) is 18.8. The number of aromatic hydroxyl groups is 1. The van der Waals surface area contributed by atoms with Crippen molar-refractivity contribution in [1.29, 1.82) is 0 Å². The van der Waals surface area contributed by atoms with Crippen molar-refractivity contribution in [2.24, 2.45) is 0 Å². The van der Waals surface area contributed by atoms with E-state index in [0.717, 1.165) is 23.6 Å². The first-order valence-electron chi connectivity index (χ1n) is 9.52. The van der Waals surface area contributed by atoms with E-state index in [0.29, 0.717) is 0 Å². The first-order chi connectivity index (χ1) is 13.5. The maximum absolute atomic E-state index is 12.5. The molecule has 29 heavy (non-hydrogen) atoms. The smallest absolute Gasteiger partial charge is 0.247 e. The van der Waals surface area contributed by atoms with Gasteiger partial charge >= 0.3 is 0 Å². The van der Waals surface area contributed by atoms with Crippen LogP contribution in [0.3, 0.4) is 0 Å². The van der Waals surface area contributed by atoms with Crippen LogP contribution in [0.1, 0.15) is 40.0 Å². The molecule has 2 unspecified atom stereocenters.